The Hall–Kier alpha value is -1.09. The molecule has 2 rings (SSSR count). The minimum atomic E-state index is -0.274. The summed E-state index contributed by atoms with van der Waals surface area (Å²) in [6.45, 7) is 1.42. The van der Waals surface area contributed by atoms with Crippen LogP contribution in [0.1, 0.15) is 39.0 Å². The van der Waals surface area contributed by atoms with Gasteiger partial charge in [-0.1, -0.05) is 0 Å². The molecular formula is C12H16O3. The number of carbonyl (C=O) groups is 1. The van der Waals surface area contributed by atoms with Crippen LogP contribution < -0.4 is 0 Å². The van der Waals surface area contributed by atoms with Gasteiger partial charge in [-0.3, -0.25) is 4.79 Å². The normalized spacial score (nSPS) is 25.7. The highest BCUT2D eigenvalue weighted by atomic mass is 16.5. The van der Waals surface area contributed by atoms with Crippen molar-refractivity contribution < 1.29 is 14.6 Å². The van der Waals surface area contributed by atoms with E-state index in [0.717, 1.165) is 43.4 Å². The van der Waals surface area contributed by atoms with E-state index in [2.05, 4.69) is 0 Å². The molecule has 1 unspecified atom stereocenters. The Morgan fingerprint density at radius 2 is 2.27 bits per heavy atom. The summed E-state index contributed by atoms with van der Waals surface area (Å²) in [4.78, 5) is 10.8. The molecule has 0 aromatic rings. The second kappa shape index (κ2) is 4.19. The summed E-state index contributed by atoms with van der Waals surface area (Å²) < 4.78 is 5.08. The first-order chi connectivity index (χ1) is 7.16. The van der Waals surface area contributed by atoms with Crippen molar-refractivity contribution >= 4 is 5.97 Å². The zero-order valence-corrected chi connectivity index (χ0v) is 8.95. The molecule has 0 spiro atoms. The first-order valence-corrected chi connectivity index (χ1v) is 5.46. The molecule has 15 heavy (non-hydrogen) atoms. The first-order valence-electron chi connectivity index (χ1n) is 5.46. The number of hydrogen-bond acceptors (Lipinski definition) is 3. The Kier molecular flexibility index (Phi) is 2.91. The monoisotopic (exact) mass is 208 g/mol. The number of esters is 1. The molecule has 3 heteroatoms. The molecule has 2 aliphatic carbocycles. The maximum Gasteiger partial charge on any atom is 0.307 e. The maximum absolute atomic E-state index is 10.8. The molecule has 2 aliphatic rings. The highest BCUT2D eigenvalue weighted by molar-refractivity contribution is 5.67. The topological polar surface area (TPSA) is 46.5 Å². The van der Waals surface area contributed by atoms with Crippen LogP contribution in [0.2, 0.25) is 0 Å². The zero-order valence-electron chi connectivity index (χ0n) is 8.95. The van der Waals surface area contributed by atoms with Gasteiger partial charge in [0.15, 0.2) is 0 Å². The Morgan fingerprint density at radius 3 is 3.00 bits per heavy atom. The Morgan fingerprint density at radius 1 is 1.47 bits per heavy atom. The van der Waals surface area contributed by atoms with Gasteiger partial charge in [-0.2, -0.15) is 0 Å². The molecule has 82 valence electrons. The molecule has 0 heterocycles. The predicted molar refractivity (Wildman–Crippen MR) is 56.0 cm³/mol. The van der Waals surface area contributed by atoms with Crippen LogP contribution >= 0.6 is 0 Å². The molecule has 0 aliphatic heterocycles. The van der Waals surface area contributed by atoms with Crippen LogP contribution in [0.5, 0.6) is 0 Å². The highest BCUT2D eigenvalue weighted by Gasteiger charge is 2.24. The molecule has 0 saturated carbocycles. The van der Waals surface area contributed by atoms with E-state index in [9.17, 15) is 9.90 Å². The summed E-state index contributed by atoms with van der Waals surface area (Å²) in [5, 5.41) is 9.78. The summed E-state index contributed by atoms with van der Waals surface area (Å²) in [7, 11) is 0. The molecule has 3 nitrogen and oxygen atoms in total. The van der Waals surface area contributed by atoms with E-state index in [4.69, 9.17) is 4.74 Å². The maximum atomic E-state index is 10.8. The van der Waals surface area contributed by atoms with E-state index >= 15 is 0 Å². The second-order valence-corrected chi connectivity index (χ2v) is 4.16. The van der Waals surface area contributed by atoms with E-state index < -0.39 is 0 Å². The molecule has 0 bridgehead atoms. The molecule has 0 saturated heterocycles. The zero-order chi connectivity index (χ0) is 10.8. The van der Waals surface area contributed by atoms with Crippen molar-refractivity contribution in [3.8, 4) is 0 Å². The van der Waals surface area contributed by atoms with Crippen molar-refractivity contribution in [1.82, 2.24) is 0 Å². The fourth-order valence-corrected chi connectivity index (χ4v) is 2.32. The van der Waals surface area contributed by atoms with Gasteiger partial charge in [-0.25, -0.2) is 0 Å². The van der Waals surface area contributed by atoms with Crippen LogP contribution in [0.4, 0.5) is 0 Å². The number of carbonyl (C=O) groups excluding carboxylic acids is 1. The van der Waals surface area contributed by atoms with Gasteiger partial charge in [0.2, 0.25) is 0 Å². The van der Waals surface area contributed by atoms with Crippen LogP contribution in [0.25, 0.3) is 0 Å². The minimum absolute atomic E-state index is 0.262. The lowest BCUT2D eigenvalue weighted by Gasteiger charge is -2.27. The molecule has 1 atom stereocenters. The van der Waals surface area contributed by atoms with Gasteiger partial charge < -0.3 is 9.84 Å². The van der Waals surface area contributed by atoms with Crippen LogP contribution in [-0.2, 0) is 9.53 Å². The number of allylic oxidation sites excluding steroid dienone is 3. The fourth-order valence-electron chi connectivity index (χ4n) is 2.32. The van der Waals surface area contributed by atoms with Crippen molar-refractivity contribution in [2.75, 3.05) is 0 Å². The largest absolute Gasteiger partial charge is 0.431 e. The van der Waals surface area contributed by atoms with E-state index in [1.807, 2.05) is 6.08 Å². The van der Waals surface area contributed by atoms with E-state index in [1.54, 1.807) is 0 Å². The number of aliphatic hydroxyl groups is 1. The third-order valence-electron chi connectivity index (χ3n) is 2.99. The molecule has 0 fully saturated rings. The Bertz CT molecular complexity index is 339. The highest BCUT2D eigenvalue weighted by Crippen LogP contribution is 2.34. The van der Waals surface area contributed by atoms with Crippen molar-refractivity contribution in [3.05, 3.63) is 23.0 Å². The van der Waals surface area contributed by atoms with Gasteiger partial charge in [-0.05, 0) is 42.9 Å². The molecule has 0 amide bonds. The SMILES string of the molecule is CC(=O)OC1=CC2=C(CC1)C(O)CCC2. The van der Waals surface area contributed by atoms with Crippen molar-refractivity contribution in [2.24, 2.45) is 0 Å². The first kappa shape index (κ1) is 10.4. The average molecular weight is 208 g/mol. The standard InChI is InChI=1S/C12H16O3/c1-8(13)15-10-5-6-11-9(7-10)3-2-4-12(11)14/h7,12,14H,2-6H2,1H3. The second-order valence-electron chi connectivity index (χ2n) is 4.16. The number of aliphatic hydroxyl groups excluding tert-OH is 1. The van der Waals surface area contributed by atoms with Gasteiger partial charge in [0.1, 0.15) is 5.76 Å². The van der Waals surface area contributed by atoms with Crippen LogP contribution in [-0.4, -0.2) is 17.2 Å². The average Bonchev–Trinajstić information content (AvgIpc) is 2.17. The van der Waals surface area contributed by atoms with Crippen molar-refractivity contribution in [1.29, 1.82) is 0 Å². The number of rotatable bonds is 1. The van der Waals surface area contributed by atoms with Gasteiger partial charge in [0.05, 0.1) is 6.10 Å². The summed E-state index contributed by atoms with van der Waals surface area (Å²) in [6.07, 6.45) is 6.11. The molecular weight excluding hydrogens is 192 g/mol. The van der Waals surface area contributed by atoms with Crippen LogP contribution in [0.15, 0.2) is 23.0 Å². The smallest absolute Gasteiger partial charge is 0.307 e. The fraction of sp³-hybridized carbons (Fsp3) is 0.583. The molecule has 0 aromatic heterocycles. The Labute approximate surface area is 89.4 Å². The lowest BCUT2D eigenvalue weighted by Crippen LogP contribution is -2.19. The van der Waals surface area contributed by atoms with E-state index in [-0.39, 0.29) is 12.1 Å². The number of ether oxygens (including phenoxy) is 1. The third kappa shape index (κ3) is 2.29. The van der Waals surface area contributed by atoms with E-state index in [1.165, 1.54) is 12.5 Å². The molecule has 1 N–H and O–H groups in total. The quantitative estimate of drug-likeness (QED) is 0.671. The lowest BCUT2D eigenvalue weighted by atomic mass is 9.83. The lowest BCUT2D eigenvalue weighted by molar-refractivity contribution is -0.137. The van der Waals surface area contributed by atoms with E-state index in [0.29, 0.717) is 0 Å². The van der Waals surface area contributed by atoms with Crippen molar-refractivity contribution in [3.63, 3.8) is 0 Å². The summed E-state index contributed by atoms with van der Waals surface area (Å²) in [5.74, 6) is 0.483. The predicted octanol–water partition coefficient (Wildman–Crippen LogP) is 2.07. The summed E-state index contributed by atoms with van der Waals surface area (Å²) in [5.41, 5.74) is 2.33. The summed E-state index contributed by atoms with van der Waals surface area (Å²) >= 11 is 0. The van der Waals surface area contributed by atoms with Crippen LogP contribution in [0.3, 0.4) is 0 Å². The molecule has 0 radical (unpaired) electrons. The van der Waals surface area contributed by atoms with Gasteiger partial charge in [0.25, 0.3) is 0 Å². The van der Waals surface area contributed by atoms with Crippen molar-refractivity contribution in [2.45, 2.75) is 45.1 Å². The van der Waals surface area contributed by atoms with Crippen LogP contribution in [0, 0.1) is 0 Å². The third-order valence-corrected chi connectivity index (χ3v) is 2.99. The number of hydrogen-bond donors (Lipinski definition) is 1. The summed E-state index contributed by atoms with van der Waals surface area (Å²) in [6, 6.07) is 0. The Balaban J connectivity index is 2.17. The minimum Gasteiger partial charge on any atom is -0.431 e. The van der Waals surface area contributed by atoms with Gasteiger partial charge >= 0.3 is 5.97 Å². The van der Waals surface area contributed by atoms with Gasteiger partial charge in [-0.15, -0.1) is 0 Å². The molecule has 0 aromatic carbocycles. The van der Waals surface area contributed by atoms with Gasteiger partial charge in [0, 0.05) is 13.3 Å².